The topological polar surface area (TPSA) is 27.5 Å². The van der Waals surface area contributed by atoms with Gasteiger partial charge in [-0.2, -0.15) is 13.2 Å². The predicted molar refractivity (Wildman–Crippen MR) is 58.1 cm³/mol. The monoisotopic (exact) mass is 243 g/mol. The predicted octanol–water partition coefficient (Wildman–Crippen LogP) is 1.88. The van der Waals surface area contributed by atoms with E-state index in [0.29, 0.717) is 25.1 Å². The van der Waals surface area contributed by atoms with Crippen LogP contribution in [-0.4, -0.2) is 13.1 Å². The number of halogens is 3. The first-order valence-corrected chi connectivity index (χ1v) is 5.35. The maximum absolute atomic E-state index is 12.5. The van der Waals surface area contributed by atoms with Gasteiger partial charge in [-0.05, 0) is 29.3 Å². The number of hydrogen-bond acceptors (Lipinski definition) is 1. The van der Waals surface area contributed by atoms with Crippen LogP contribution in [-0.2, 0) is 6.18 Å². The van der Waals surface area contributed by atoms with Gasteiger partial charge in [-0.15, -0.1) is 0 Å². The second kappa shape index (κ2) is 4.50. The van der Waals surface area contributed by atoms with Gasteiger partial charge in [-0.1, -0.05) is 12.1 Å². The van der Waals surface area contributed by atoms with Gasteiger partial charge in [0.1, 0.15) is 0 Å². The molecule has 1 unspecified atom stereocenters. The van der Waals surface area contributed by atoms with Crippen LogP contribution in [0.5, 0.6) is 0 Å². The minimum Gasteiger partial charge on any atom is -0.634 e. The first-order valence-electron chi connectivity index (χ1n) is 5.35. The minimum absolute atomic E-state index is 0.140. The zero-order valence-electron chi connectivity index (χ0n) is 9.05. The third kappa shape index (κ3) is 2.87. The van der Waals surface area contributed by atoms with E-state index < -0.39 is 11.7 Å². The Morgan fingerprint density at radius 2 is 2.00 bits per heavy atom. The normalized spacial score (nSPS) is 21.2. The highest BCUT2D eigenvalue weighted by atomic mass is 19.4. The average Bonchev–Trinajstić information content (AvgIpc) is 2.29. The van der Waals surface area contributed by atoms with E-state index in [1.165, 1.54) is 6.07 Å². The molecule has 0 saturated carbocycles. The van der Waals surface area contributed by atoms with Gasteiger partial charge in [0.05, 0.1) is 18.7 Å². The average molecular weight is 243 g/mol. The van der Waals surface area contributed by atoms with E-state index in [4.69, 9.17) is 0 Å². The molecule has 92 valence electrons. The Balaban J connectivity index is 2.28. The van der Waals surface area contributed by atoms with Crippen molar-refractivity contribution in [3.63, 3.8) is 0 Å². The van der Waals surface area contributed by atoms with Crippen LogP contribution in [0.25, 0.3) is 5.57 Å². The van der Waals surface area contributed by atoms with Gasteiger partial charge >= 0.3 is 6.18 Å². The Hall–Kier alpha value is -1.33. The maximum atomic E-state index is 12.5. The lowest BCUT2D eigenvalue weighted by molar-refractivity contribution is -0.842. The van der Waals surface area contributed by atoms with Gasteiger partial charge in [-0.3, -0.25) is 0 Å². The first kappa shape index (κ1) is 12.1. The van der Waals surface area contributed by atoms with E-state index in [0.717, 1.165) is 17.7 Å². The first-order chi connectivity index (χ1) is 7.97. The highest BCUT2D eigenvalue weighted by molar-refractivity contribution is 5.66. The Labute approximate surface area is 96.9 Å². The van der Waals surface area contributed by atoms with Crippen LogP contribution in [0.1, 0.15) is 17.5 Å². The summed E-state index contributed by atoms with van der Waals surface area (Å²) in [4.78, 5) is 0. The fourth-order valence-electron chi connectivity index (χ4n) is 1.87. The van der Waals surface area contributed by atoms with Crippen molar-refractivity contribution >= 4 is 5.57 Å². The van der Waals surface area contributed by atoms with E-state index >= 15 is 0 Å². The van der Waals surface area contributed by atoms with Gasteiger partial charge in [0.25, 0.3) is 0 Å². The molecule has 2 nitrogen and oxygen atoms in total. The van der Waals surface area contributed by atoms with E-state index in [1.807, 2.05) is 0 Å². The molecule has 0 aromatic heterocycles. The lowest BCUT2D eigenvalue weighted by Gasteiger charge is -2.26. The zero-order chi connectivity index (χ0) is 12.5. The van der Waals surface area contributed by atoms with Crippen LogP contribution >= 0.6 is 0 Å². The van der Waals surface area contributed by atoms with Gasteiger partial charge in [0.15, 0.2) is 0 Å². The molecule has 1 aliphatic heterocycles. The van der Waals surface area contributed by atoms with Crippen LogP contribution in [0.4, 0.5) is 13.2 Å². The van der Waals surface area contributed by atoms with E-state index in [9.17, 15) is 18.4 Å². The molecule has 0 saturated heterocycles. The summed E-state index contributed by atoms with van der Waals surface area (Å²) in [7, 11) is 0. The van der Waals surface area contributed by atoms with Crippen molar-refractivity contribution in [1.29, 1.82) is 0 Å². The Morgan fingerprint density at radius 1 is 1.24 bits per heavy atom. The van der Waals surface area contributed by atoms with E-state index in [2.05, 4.69) is 0 Å². The third-order valence-corrected chi connectivity index (χ3v) is 2.81. The van der Waals surface area contributed by atoms with Crippen molar-refractivity contribution in [1.82, 2.24) is 0 Å². The standard InChI is InChI=1S/C12H12F3NO/c13-12(14,15)11-3-1-2-10(8-11)9-4-6-16(17)7-5-9/h1-4,8,16H,5-7H2. The summed E-state index contributed by atoms with van der Waals surface area (Å²) in [6.07, 6.45) is -2.07. The smallest absolute Gasteiger partial charge is 0.416 e. The minimum atomic E-state index is -4.32. The maximum Gasteiger partial charge on any atom is 0.416 e. The molecule has 5 heteroatoms. The molecule has 1 atom stereocenters. The molecular weight excluding hydrogens is 231 g/mol. The summed E-state index contributed by atoms with van der Waals surface area (Å²) < 4.78 is 37.6. The Kier molecular flexibility index (Phi) is 3.22. The molecule has 1 aliphatic rings. The van der Waals surface area contributed by atoms with Crippen molar-refractivity contribution in [2.45, 2.75) is 12.6 Å². The molecule has 0 spiro atoms. The van der Waals surface area contributed by atoms with Gasteiger partial charge < -0.3 is 10.3 Å². The molecular formula is C12H12F3NO. The number of hydroxylamine groups is 2. The lowest BCUT2D eigenvalue weighted by Crippen LogP contribution is -3.07. The van der Waals surface area contributed by atoms with Crippen LogP contribution < -0.4 is 5.06 Å². The van der Waals surface area contributed by atoms with E-state index in [-0.39, 0.29) is 5.06 Å². The highest BCUT2D eigenvalue weighted by Gasteiger charge is 2.30. The Bertz CT molecular complexity index is 440. The summed E-state index contributed by atoms with van der Waals surface area (Å²) in [5.41, 5.74) is 0.746. The summed E-state index contributed by atoms with van der Waals surface area (Å²) in [5, 5.41) is 11.2. The van der Waals surface area contributed by atoms with Crippen molar-refractivity contribution in [3.05, 3.63) is 46.7 Å². The molecule has 1 heterocycles. The second-order valence-electron chi connectivity index (χ2n) is 4.05. The molecule has 1 N–H and O–H groups in total. The zero-order valence-corrected chi connectivity index (χ0v) is 9.05. The lowest BCUT2D eigenvalue weighted by atomic mass is 9.98. The van der Waals surface area contributed by atoms with Crippen molar-refractivity contribution in [2.75, 3.05) is 13.1 Å². The van der Waals surface area contributed by atoms with Crippen molar-refractivity contribution in [3.8, 4) is 0 Å². The van der Waals surface area contributed by atoms with Crippen molar-refractivity contribution < 1.29 is 18.2 Å². The van der Waals surface area contributed by atoms with Crippen molar-refractivity contribution in [2.24, 2.45) is 0 Å². The molecule has 2 rings (SSSR count). The van der Waals surface area contributed by atoms with Crippen LogP contribution in [0.3, 0.4) is 0 Å². The highest BCUT2D eigenvalue weighted by Crippen LogP contribution is 2.31. The number of alkyl halides is 3. The molecule has 0 bridgehead atoms. The summed E-state index contributed by atoms with van der Waals surface area (Å²) in [5.74, 6) is 0. The van der Waals surface area contributed by atoms with Gasteiger partial charge in [0, 0.05) is 6.42 Å². The molecule has 1 aromatic carbocycles. The number of quaternary nitrogens is 1. The largest absolute Gasteiger partial charge is 0.634 e. The van der Waals surface area contributed by atoms with Crippen LogP contribution in [0.2, 0.25) is 0 Å². The molecule has 0 fully saturated rings. The molecule has 0 aliphatic carbocycles. The van der Waals surface area contributed by atoms with E-state index in [1.54, 1.807) is 12.1 Å². The van der Waals surface area contributed by atoms with Crippen LogP contribution in [0, 0.1) is 5.21 Å². The molecule has 17 heavy (non-hydrogen) atoms. The van der Waals surface area contributed by atoms with Crippen LogP contribution in [0.15, 0.2) is 30.3 Å². The summed E-state index contributed by atoms with van der Waals surface area (Å²) in [6, 6.07) is 5.24. The third-order valence-electron chi connectivity index (χ3n) is 2.81. The number of rotatable bonds is 1. The fourth-order valence-corrected chi connectivity index (χ4v) is 1.87. The SMILES string of the molecule is [O-][NH+]1CC=C(c2cccc(C(F)(F)F)c2)CC1. The Morgan fingerprint density at radius 3 is 2.59 bits per heavy atom. The molecule has 1 aromatic rings. The number of hydrogen-bond donors (Lipinski definition) is 1. The number of nitrogens with one attached hydrogen (secondary N) is 1. The fraction of sp³-hybridized carbons (Fsp3) is 0.333. The van der Waals surface area contributed by atoms with Gasteiger partial charge in [-0.25, -0.2) is 0 Å². The second-order valence-corrected chi connectivity index (χ2v) is 4.05. The van der Waals surface area contributed by atoms with Gasteiger partial charge in [0.2, 0.25) is 0 Å². The molecule has 0 radical (unpaired) electrons. The quantitative estimate of drug-likeness (QED) is 0.749. The summed E-state index contributed by atoms with van der Waals surface area (Å²) in [6.45, 7) is 0.744. The molecule has 0 amide bonds. The number of benzene rings is 1. The summed E-state index contributed by atoms with van der Waals surface area (Å²) >= 11 is 0.